The molecule has 0 aliphatic carbocycles. The highest BCUT2D eigenvalue weighted by Gasteiger charge is 2.24. The maximum absolute atomic E-state index is 12.2. The number of hydrogen-bond donors (Lipinski definition) is 1. The molecule has 1 amide bonds. The van der Waals surface area contributed by atoms with Crippen LogP contribution < -0.4 is 5.32 Å². The molecule has 1 atom stereocenters. The molecule has 0 saturated carbocycles. The number of carbonyl (C=O) groups excluding carboxylic acids is 1. The average Bonchev–Trinajstić information content (AvgIpc) is 3.27. The number of thioether (sulfide) groups is 1. The van der Waals surface area contributed by atoms with Crippen molar-refractivity contribution in [3.8, 4) is 0 Å². The minimum Gasteiger partial charge on any atom is -0.431 e. The van der Waals surface area contributed by atoms with Crippen LogP contribution in [0.25, 0.3) is 11.1 Å². The Morgan fingerprint density at radius 2 is 2.00 bits per heavy atom. The summed E-state index contributed by atoms with van der Waals surface area (Å²) in [7, 11) is 0. The van der Waals surface area contributed by atoms with Crippen LogP contribution in [0.15, 0.2) is 64.2 Å². The Morgan fingerprint density at radius 1 is 1.19 bits per heavy atom. The largest absolute Gasteiger partial charge is 0.431 e. The van der Waals surface area contributed by atoms with E-state index in [1.54, 1.807) is 0 Å². The molecule has 0 spiro atoms. The molecule has 1 fully saturated rings. The number of nitrogens with zero attached hydrogens (tertiary/aromatic N) is 2. The highest BCUT2D eigenvalue weighted by molar-refractivity contribution is 7.99. The van der Waals surface area contributed by atoms with E-state index in [0.29, 0.717) is 11.0 Å². The molecule has 2 aromatic carbocycles. The van der Waals surface area contributed by atoms with Crippen molar-refractivity contribution in [1.82, 2.24) is 15.2 Å². The molecule has 1 aromatic heterocycles. The van der Waals surface area contributed by atoms with Crippen molar-refractivity contribution in [2.75, 3.05) is 18.8 Å². The molecular formula is C20H21N3O2S. The van der Waals surface area contributed by atoms with E-state index < -0.39 is 0 Å². The van der Waals surface area contributed by atoms with Crippen LogP contribution in [-0.2, 0) is 11.3 Å². The maximum atomic E-state index is 12.2. The van der Waals surface area contributed by atoms with E-state index in [9.17, 15) is 4.79 Å². The first kappa shape index (κ1) is 17.1. The smallest absolute Gasteiger partial charge is 0.257 e. The maximum Gasteiger partial charge on any atom is 0.257 e. The number of amides is 1. The van der Waals surface area contributed by atoms with Crippen molar-refractivity contribution in [3.63, 3.8) is 0 Å². The molecule has 1 unspecified atom stereocenters. The fraction of sp³-hybridized carbons (Fsp3) is 0.300. The summed E-state index contributed by atoms with van der Waals surface area (Å²) in [5, 5.41) is 3.67. The second kappa shape index (κ2) is 7.93. The molecule has 4 rings (SSSR count). The number of carbonyl (C=O) groups is 1. The Morgan fingerprint density at radius 3 is 2.85 bits per heavy atom. The van der Waals surface area contributed by atoms with Crippen LogP contribution in [0.4, 0.5) is 0 Å². The van der Waals surface area contributed by atoms with Crippen molar-refractivity contribution in [2.24, 2.45) is 0 Å². The lowest BCUT2D eigenvalue weighted by molar-refractivity contribution is -0.119. The van der Waals surface area contributed by atoms with Gasteiger partial charge in [0.25, 0.3) is 5.22 Å². The Bertz CT molecular complexity index is 848. The first-order valence-electron chi connectivity index (χ1n) is 8.80. The number of oxazole rings is 1. The standard InChI is InChI=1S/C20H21N3O2S/c24-19(14-26-20-22-17-8-4-5-9-18(17)25-20)21-16-10-11-23(13-16)12-15-6-2-1-3-7-15/h1-9,16H,10-14H2,(H,21,24). The number of aromatic nitrogens is 1. The van der Waals surface area contributed by atoms with E-state index >= 15 is 0 Å². The normalized spacial score (nSPS) is 17.6. The summed E-state index contributed by atoms with van der Waals surface area (Å²) >= 11 is 1.34. The lowest BCUT2D eigenvalue weighted by Crippen LogP contribution is -2.37. The molecule has 0 bridgehead atoms. The Labute approximate surface area is 156 Å². The summed E-state index contributed by atoms with van der Waals surface area (Å²) < 4.78 is 5.64. The fourth-order valence-corrected chi connectivity index (χ4v) is 3.89. The fourth-order valence-electron chi connectivity index (χ4n) is 3.25. The van der Waals surface area contributed by atoms with Gasteiger partial charge < -0.3 is 9.73 Å². The number of para-hydroxylation sites is 2. The molecule has 1 N–H and O–H groups in total. The first-order valence-corrected chi connectivity index (χ1v) is 9.79. The van der Waals surface area contributed by atoms with Gasteiger partial charge >= 0.3 is 0 Å². The highest BCUT2D eigenvalue weighted by atomic mass is 32.2. The Kier molecular flexibility index (Phi) is 5.22. The molecule has 26 heavy (non-hydrogen) atoms. The predicted octanol–water partition coefficient (Wildman–Crippen LogP) is 3.31. The number of likely N-dealkylation sites (tertiary alicyclic amines) is 1. The third-order valence-corrected chi connectivity index (χ3v) is 5.32. The van der Waals surface area contributed by atoms with Gasteiger partial charge in [-0.25, -0.2) is 4.98 Å². The molecule has 1 aliphatic heterocycles. The zero-order chi connectivity index (χ0) is 17.8. The summed E-state index contributed by atoms with van der Waals surface area (Å²) in [4.78, 5) is 19.0. The van der Waals surface area contributed by atoms with Gasteiger partial charge in [-0.05, 0) is 24.1 Å². The average molecular weight is 367 g/mol. The third kappa shape index (κ3) is 4.26. The van der Waals surface area contributed by atoms with Gasteiger partial charge in [0.05, 0.1) is 5.75 Å². The van der Waals surface area contributed by atoms with Crippen LogP contribution in [0.5, 0.6) is 0 Å². The van der Waals surface area contributed by atoms with Crippen LogP contribution in [0.3, 0.4) is 0 Å². The minimum atomic E-state index is 0.0313. The van der Waals surface area contributed by atoms with Crippen LogP contribution >= 0.6 is 11.8 Å². The van der Waals surface area contributed by atoms with Crippen molar-refractivity contribution >= 4 is 28.8 Å². The summed E-state index contributed by atoms with van der Waals surface area (Å²) in [5.74, 6) is 0.353. The van der Waals surface area contributed by atoms with Crippen molar-refractivity contribution < 1.29 is 9.21 Å². The van der Waals surface area contributed by atoms with Gasteiger partial charge in [0.2, 0.25) is 5.91 Å². The van der Waals surface area contributed by atoms with E-state index in [1.165, 1.54) is 17.3 Å². The molecule has 0 radical (unpaired) electrons. The van der Waals surface area contributed by atoms with Crippen molar-refractivity contribution in [2.45, 2.75) is 24.2 Å². The lowest BCUT2D eigenvalue weighted by Gasteiger charge is -2.16. The molecule has 5 nitrogen and oxygen atoms in total. The van der Waals surface area contributed by atoms with Crippen LogP contribution in [0, 0.1) is 0 Å². The summed E-state index contributed by atoms with van der Waals surface area (Å²) in [6.45, 7) is 2.84. The van der Waals surface area contributed by atoms with Gasteiger partial charge in [-0.2, -0.15) is 0 Å². The van der Waals surface area contributed by atoms with E-state index in [-0.39, 0.29) is 11.9 Å². The molecule has 3 aromatic rings. The molecular weight excluding hydrogens is 346 g/mol. The molecule has 134 valence electrons. The van der Waals surface area contributed by atoms with E-state index in [1.807, 2.05) is 30.3 Å². The monoisotopic (exact) mass is 367 g/mol. The van der Waals surface area contributed by atoms with Gasteiger partial charge in [0, 0.05) is 25.7 Å². The quantitative estimate of drug-likeness (QED) is 0.678. The zero-order valence-electron chi connectivity index (χ0n) is 14.4. The topological polar surface area (TPSA) is 58.4 Å². The number of rotatable bonds is 6. The number of hydrogen-bond acceptors (Lipinski definition) is 5. The van der Waals surface area contributed by atoms with Gasteiger partial charge in [0.1, 0.15) is 5.52 Å². The highest BCUT2D eigenvalue weighted by Crippen LogP contribution is 2.23. The third-order valence-electron chi connectivity index (χ3n) is 4.49. The second-order valence-electron chi connectivity index (χ2n) is 6.51. The van der Waals surface area contributed by atoms with E-state index in [4.69, 9.17) is 4.42 Å². The molecule has 2 heterocycles. The predicted molar refractivity (Wildman–Crippen MR) is 103 cm³/mol. The second-order valence-corrected chi connectivity index (χ2v) is 7.44. The summed E-state index contributed by atoms with van der Waals surface area (Å²) in [5.41, 5.74) is 2.89. The molecule has 6 heteroatoms. The first-order chi connectivity index (χ1) is 12.8. The van der Waals surface area contributed by atoms with E-state index in [0.717, 1.165) is 37.2 Å². The number of fused-ring (bicyclic) bond motifs is 1. The van der Waals surface area contributed by atoms with Gasteiger partial charge in [-0.1, -0.05) is 54.2 Å². The number of nitrogens with one attached hydrogen (secondary N) is 1. The SMILES string of the molecule is O=C(CSc1nc2ccccc2o1)NC1CCN(Cc2ccccc2)C1. The lowest BCUT2D eigenvalue weighted by atomic mass is 10.2. The van der Waals surface area contributed by atoms with Crippen molar-refractivity contribution in [1.29, 1.82) is 0 Å². The molecule has 1 aliphatic rings. The molecule has 1 saturated heterocycles. The van der Waals surface area contributed by atoms with Crippen LogP contribution in [0.1, 0.15) is 12.0 Å². The number of benzene rings is 2. The summed E-state index contributed by atoms with van der Waals surface area (Å²) in [6.07, 6.45) is 0.992. The van der Waals surface area contributed by atoms with Gasteiger partial charge in [0.15, 0.2) is 5.58 Å². The minimum absolute atomic E-state index is 0.0313. The Hall–Kier alpha value is -2.31. The Balaban J connectivity index is 1.23. The zero-order valence-corrected chi connectivity index (χ0v) is 15.2. The van der Waals surface area contributed by atoms with Crippen LogP contribution in [0.2, 0.25) is 0 Å². The van der Waals surface area contributed by atoms with Crippen molar-refractivity contribution in [3.05, 3.63) is 60.2 Å². The summed E-state index contributed by atoms with van der Waals surface area (Å²) in [6, 6.07) is 18.3. The van der Waals surface area contributed by atoms with Gasteiger partial charge in [-0.15, -0.1) is 0 Å². The van der Waals surface area contributed by atoms with Crippen LogP contribution in [-0.4, -0.2) is 40.7 Å². The van der Waals surface area contributed by atoms with E-state index in [2.05, 4.69) is 39.5 Å². The van der Waals surface area contributed by atoms with Gasteiger partial charge in [-0.3, -0.25) is 9.69 Å².